The molecule has 0 fully saturated rings. The highest BCUT2D eigenvalue weighted by atomic mass is 79.9. The molecule has 0 saturated heterocycles. The Morgan fingerprint density at radius 3 is 2.87 bits per heavy atom. The van der Waals surface area contributed by atoms with E-state index in [-0.39, 0.29) is 11.8 Å². The molecule has 2 aromatic heterocycles. The van der Waals surface area contributed by atoms with E-state index < -0.39 is 0 Å². The van der Waals surface area contributed by atoms with E-state index in [4.69, 9.17) is 4.74 Å². The summed E-state index contributed by atoms with van der Waals surface area (Å²) in [4.78, 5) is 8.54. The number of anilines is 1. The van der Waals surface area contributed by atoms with Crippen molar-refractivity contribution in [2.45, 2.75) is 13.0 Å². The Labute approximate surface area is 141 Å². The van der Waals surface area contributed by atoms with E-state index in [9.17, 15) is 5.11 Å². The lowest BCUT2D eigenvalue weighted by atomic mass is 10.1. The first kappa shape index (κ1) is 15.5. The molecule has 8 heteroatoms. The lowest BCUT2D eigenvalue weighted by Gasteiger charge is -2.17. The van der Waals surface area contributed by atoms with Crippen LogP contribution < -0.4 is 10.1 Å². The molecule has 0 aliphatic heterocycles. The van der Waals surface area contributed by atoms with Crippen molar-refractivity contribution in [2.75, 3.05) is 12.4 Å². The first-order valence-corrected chi connectivity index (χ1v) is 7.77. The molecule has 2 heterocycles. The van der Waals surface area contributed by atoms with Gasteiger partial charge >= 0.3 is 0 Å². The molecule has 0 spiro atoms. The molecule has 0 radical (unpaired) electrons. The molecule has 0 amide bonds. The summed E-state index contributed by atoms with van der Waals surface area (Å²) in [5, 5.41) is 18.5. The van der Waals surface area contributed by atoms with Crippen LogP contribution in [0.1, 0.15) is 18.5 Å². The van der Waals surface area contributed by atoms with Gasteiger partial charge in [0.2, 0.25) is 0 Å². The number of benzene rings is 1. The normalized spacial score (nSPS) is 12.3. The molecule has 23 heavy (non-hydrogen) atoms. The molecular formula is C15H16BrN5O2. The third kappa shape index (κ3) is 2.81. The number of nitrogens with one attached hydrogen (secondary N) is 1. The Morgan fingerprint density at radius 2 is 2.13 bits per heavy atom. The third-order valence-electron chi connectivity index (χ3n) is 3.63. The smallest absolute Gasteiger partial charge is 0.164 e. The fourth-order valence-corrected chi connectivity index (χ4v) is 3.04. The number of ether oxygens (including phenoxy) is 1. The number of rotatable bonds is 4. The fourth-order valence-electron chi connectivity index (χ4n) is 2.44. The van der Waals surface area contributed by atoms with E-state index in [0.717, 1.165) is 16.6 Å². The molecule has 0 aliphatic rings. The summed E-state index contributed by atoms with van der Waals surface area (Å²) in [6, 6.07) is 4.94. The monoisotopic (exact) mass is 377 g/mol. The average Bonchev–Trinajstić information content (AvgIpc) is 2.83. The largest absolute Gasteiger partial charge is 0.508 e. The van der Waals surface area contributed by atoms with Crippen molar-refractivity contribution in [2.24, 2.45) is 7.05 Å². The van der Waals surface area contributed by atoms with Crippen LogP contribution in [-0.2, 0) is 7.05 Å². The maximum Gasteiger partial charge on any atom is 0.164 e. The number of aryl methyl sites for hydroxylation is 1. The van der Waals surface area contributed by atoms with E-state index in [2.05, 4.69) is 36.3 Å². The maximum absolute atomic E-state index is 10.1. The van der Waals surface area contributed by atoms with Crippen LogP contribution in [0, 0.1) is 0 Å². The predicted molar refractivity (Wildman–Crippen MR) is 90.7 cm³/mol. The van der Waals surface area contributed by atoms with Crippen LogP contribution in [0.5, 0.6) is 11.5 Å². The van der Waals surface area contributed by atoms with Crippen LogP contribution in [0.15, 0.2) is 29.1 Å². The predicted octanol–water partition coefficient (Wildman–Crippen LogP) is 3.01. The number of fused-ring (bicyclic) bond motifs is 1. The number of hydrogen-bond donors (Lipinski definition) is 2. The van der Waals surface area contributed by atoms with Gasteiger partial charge in [0.25, 0.3) is 0 Å². The molecule has 1 atom stereocenters. The van der Waals surface area contributed by atoms with Gasteiger partial charge in [0.05, 0.1) is 18.5 Å². The minimum atomic E-state index is -0.185. The molecule has 120 valence electrons. The lowest BCUT2D eigenvalue weighted by molar-refractivity contribution is 0.410. The lowest BCUT2D eigenvalue weighted by Crippen LogP contribution is -2.09. The minimum Gasteiger partial charge on any atom is -0.508 e. The first-order chi connectivity index (χ1) is 11.0. The highest BCUT2D eigenvalue weighted by Crippen LogP contribution is 2.33. The van der Waals surface area contributed by atoms with E-state index in [1.54, 1.807) is 30.0 Å². The van der Waals surface area contributed by atoms with Crippen molar-refractivity contribution in [1.29, 1.82) is 0 Å². The van der Waals surface area contributed by atoms with Gasteiger partial charge in [-0.25, -0.2) is 14.6 Å². The molecular weight excluding hydrogens is 362 g/mol. The molecule has 3 rings (SSSR count). The third-order valence-corrected chi connectivity index (χ3v) is 4.19. The minimum absolute atomic E-state index is 0.185. The number of phenols is 1. The summed E-state index contributed by atoms with van der Waals surface area (Å²) < 4.78 is 7.56. The number of halogens is 1. The average molecular weight is 378 g/mol. The van der Waals surface area contributed by atoms with Gasteiger partial charge in [-0.15, -0.1) is 0 Å². The van der Waals surface area contributed by atoms with Crippen molar-refractivity contribution in [3.8, 4) is 11.5 Å². The number of nitrogens with zero attached hydrogens (tertiary/aromatic N) is 4. The SMILES string of the molecule is COc1ccc(O)c(C(C)Nc2ncnc3c2c(Br)nn3C)c1. The van der Waals surface area contributed by atoms with Crippen molar-refractivity contribution in [3.05, 3.63) is 34.7 Å². The summed E-state index contributed by atoms with van der Waals surface area (Å²) in [6.07, 6.45) is 1.48. The summed E-state index contributed by atoms with van der Waals surface area (Å²) in [6.45, 7) is 1.94. The van der Waals surface area contributed by atoms with Crippen LogP contribution in [-0.4, -0.2) is 32.0 Å². The van der Waals surface area contributed by atoms with Crippen LogP contribution in [0.25, 0.3) is 11.0 Å². The first-order valence-electron chi connectivity index (χ1n) is 6.98. The molecule has 1 unspecified atom stereocenters. The van der Waals surface area contributed by atoms with Crippen LogP contribution in [0.4, 0.5) is 5.82 Å². The topological polar surface area (TPSA) is 85.1 Å². The van der Waals surface area contributed by atoms with Crippen LogP contribution >= 0.6 is 15.9 Å². The summed E-state index contributed by atoms with van der Waals surface area (Å²) in [7, 11) is 3.41. The fraction of sp³-hybridized carbons (Fsp3) is 0.267. The molecule has 0 aliphatic carbocycles. The zero-order valence-corrected chi connectivity index (χ0v) is 14.5. The number of hydrogen-bond acceptors (Lipinski definition) is 6. The second kappa shape index (κ2) is 6.04. The standard InChI is InChI=1S/C15H16BrN5O2/c1-8(10-6-9(23-3)4-5-11(10)22)19-14-12-13(16)20-21(2)15(12)18-7-17-14/h4-8,22H,1-3H3,(H,17,18,19). The zero-order valence-electron chi connectivity index (χ0n) is 12.9. The van der Waals surface area contributed by atoms with Gasteiger partial charge in [-0.1, -0.05) is 0 Å². The van der Waals surface area contributed by atoms with E-state index in [1.165, 1.54) is 6.33 Å². The van der Waals surface area contributed by atoms with Gasteiger partial charge in [0.1, 0.15) is 28.2 Å². The van der Waals surface area contributed by atoms with Gasteiger partial charge in [0.15, 0.2) is 5.65 Å². The Kier molecular flexibility index (Phi) is 4.08. The van der Waals surface area contributed by atoms with Crippen LogP contribution in [0.2, 0.25) is 0 Å². The maximum atomic E-state index is 10.1. The summed E-state index contributed by atoms with van der Waals surface area (Å²) >= 11 is 3.43. The van der Waals surface area contributed by atoms with Gasteiger partial charge in [-0.2, -0.15) is 5.10 Å². The Hall–Kier alpha value is -2.35. The van der Waals surface area contributed by atoms with Crippen molar-refractivity contribution in [3.63, 3.8) is 0 Å². The quantitative estimate of drug-likeness (QED) is 0.726. The number of phenolic OH excluding ortho intramolecular Hbond substituents is 1. The molecule has 1 aromatic carbocycles. The van der Waals surface area contributed by atoms with Gasteiger partial charge in [-0.05, 0) is 41.1 Å². The highest BCUT2D eigenvalue weighted by molar-refractivity contribution is 9.10. The van der Waals surface area contributed by atoms with Gasteiger partial charge in [0, 0.05) is 12.6 Å². The summed E-state index contributed by atoms with van der Waals surface area (Å²) in [5.74, 6) is 1.52. The second-order valence-electron chi connectivity index (χ2n) is 5.13. The van der Waals surface area contributed by atoms with E-state index in [0.29, 0.717) is 16.2 Å². The molecule has 3 aromatic rings. The van der Waals surface area contributed by atoms with E-state index in [1.807, 2.05) is 14.0 Å². The Bertz CT molecular complexity index is 864. The number of aromatic hydroxyl groups is 1. The zero-order chi connectivity index (χ0) is 16.6. The molecule has 2 N–H and O–H groups in total. The molecule has 0 bridgehead atoms. The van der Waals surface area contributed by atoms with Crippen LogP contribution in [0.3, 0.4) is 0 Å². The Morgan fingerprint density at radius 1 is 1.35 bits per heavy atom. The Balaban J connectivity index is 1.99. The number of aromatic nitrogens is 4. The van der Waals surface area contributed by atoms with Gasteiger partial charge < -0.3 is 15.2 Å². The second-order valence-corrected chi connectivity index (χ2v) is 5.88. The highest BCUT2D eigenvalue weighted by Gasteiger charge is 2.17. The summed E-state index contributed by atoms with van der Waals surface area (Å²) in [5.41, 5.74) is 1.44. The van der Waals surface area contributed by atoms with Gasteiger partial charge in [-0.3, -0.25) is 0 Å². The van der Waals surface area contributed by atoms with Crippen molar-refractivity contribution < 1.29 is 9.84 Å². The molecule has 0 saturated carbocycles. The number of methoxy groups -OCH3 is 1. The van der Waals surface area contributed by atoms with Crippen molar-refractivity contribution in [1.82, 2.24) is 19.7 Å². The van der Waals surface area contributed by atoms with Crippen molar-refractivity contribution >= 4 is 32.8 Å². The van der Waals surface area contributed by atoms with E-state index >= 15 is 0 Å². The molecule has 7 nitrogen and oxygen atoms in total.